The molecule has 0 spiro atoms. The molecule has 70 valence electrons. The van der Waals surface area contributed by atoms with Crippen LogP contribution in [0.4, 0.5) is 5.69 Å². The molecule has 0 aliphatic heterocycles. The predicted octanol–water partition coefficient (Wildman–Crippen LogP) is 2.44. The van der Waals surface area contributed by atoms with E-state index in [4.69, 9.17) is 5.26 Å². The van der Waals surface area contributed by atoms with Crippen molar-refractivity contribution in [1.29, 1.82) is 5.26 Å². The zero-order chi connectivity index (χ0) is 10.6. The van der Waals surface area contributed by atoms with E-state index in [0.29, 0.717) is 5.56 Å². The maximum absolute atomic E-state index is 10.5. The number of hydrogen-bond acceptors (Lipinski definition) is 3. The fourth-order valence-corrected chi connectivity index (χ4v) is 1.12. The van der Waals surface area contributed by atoms with Gasteiger partial charge in [-0.25, -0.2) is 0 Å². The van der Waals surface area contributed by atoms with Gasteiger partial charge in [-0.05, 0) is 30.7 Å². The van der Waals surface area contributed by atoms with E-state index in [1.807, 2.05) is 6.07 Å². The Morgan fingerprint density at radius 1 is 1.57 bits per heavy atom. The van der Waals surface area contributed by atoms with Gasteiger partial charge >= 0.3 is 0 Å². The van der Waals surface area contributed by atoms with Gasteiger partial charge < -0.3 is 0 Å². The average Bonchev–Trinajstić information content (AvgIpc) is 2.14. The molecule has 0 radical (unpaired) electrons. The van der Waals surface area contributed by atoms with Crippen LogP contribution in [0.3, 0.4) is 0 Å². The van der Waals surface area contributed by atoms with Crippen LogP contribution in [0.15, 0.2) is 24.3 Å². The minimum atomic E-state index is -0.423. The van der Waals surface area contributed by atoms with Crippen LogP contribution in [0, 0.1) is 28.4 Å². The van der Waals surface area contributed by atoms with Crippen molar-refractivity contribution in [3.05, 3.63) is 45.5 Å². The van der Waals surface area contributed by atoms with E-state index in [1.165, 1.54) is 12.1 Å². The summed E-state index contributed by atoms with van der Waals surface area (Å²) in [5.41, 5.74) is 1.48. The van der Waals surface area contributed by atoms with E-state index < -0.39 is 4.92 Å². The number of benzene rings is 1. The highest BCUT2D eigenvalue weighted by atomic mass is 16.6. The average molecular weight is 188 g/mol. The Hall–Kier alpha value is -2.15. The van der Waals surface area contributed by atoms with Crippen molar-refractivity contribution in [3.8, 4) is 6.07 Å². The highest BCUT2D eigenvalue weighted by molar-refractivity contribution is 5.56. The van der Waals surface area contributed by atoms with Gasteiger partial charge in [0.1, 0.15) is 0 Å². The van der Waals surface area contributed by atoms with Crippen molar-refractivity contribution >= 4 is 11.8 Å². The summed E-state index contributed by atoms with van der Waals surface area (Å²) < 4.78 is 0. The molecule has 4 nitrogen and oxygen atoms in total. The van der Waals surface area contributed by atoms with Gasteiger partial charge in [-0.15, -0.1) is 0 Å². The van der Waals surface area contributed by atoms with E-state index in [9.17, 15) is 10.1 Å². The van der Waals surface area contributed by atoms with Crippen LogP contribution in [0.5, 0.6) is 0 Å². The molecule has 0 unspecified atom stereocenters. The van der Waals surface area contributed by atoms with Crippen LogP contribution in [0.1, 0.15) is 11.1 Å². The maximum Gasteiger partial charge on any atom is 0.272 e. The molecule has 0 fully saturated rings. The molecule has 0 heterocycles. The molecular formula is C10H8N2O2. The fraction of sp³-hybridized carbons (Fsp3) is 0.100. The smallest absolute Gasteiger partial charge is 0.258 e. The molecule has 0 saturated heterocycles. The molecule has 0 N–H and O–H groups in total. The van der Waals surface area contributed by atoms with Crippen LogP contribution in [0.2, 0.25) is 0 Å². The first-order valence-corrected chi connectivity index (χ1v) is 3.96. The van der Waals surface area contributed by atoms with Gasteiger partial charge in [0.05, 0.1) is 11.0 Å². The Morgan fingerprint density at radius 3 is 2.79 bits per heavy atom. The number of nitro groups is 1. The first kappa shape index (κ1) is 9.93. The van der Waals surface area contributed by atoms with Gasteiger partial charge in [0.2, 0.25) is 0 Å². The van der Waals surface area contributed by atoms with Gasteiger partial charge in [-0.3, -0.25) is 10.1 Å². The first-order valence-electron chi connectivity index (χ1n) is 3.96. The number of hydrogen-bond donors (Lipinski definition) is 0. The lowest BCUT2D eigenvalue weighted by atomic mass is 10.1. The van der Waals surface area contributed by atoms with Crippen molar-refractivity contribution in [2.45, 2.75) is 6.92 Å². The molecule has 0 atom stereocenters. The van der Waals surface area contributed by atoms with Crippen molar-refractivity contribution in [2.24, 2.45) is 0 Å². The second kappa shape index (κ2) is 4.19. The van der Waals surface area contributed by atoms with Gasteiger partial charge in [-0.1, -0.05) is 0 Å². The lowest BCUT2D eigenvalue weighted by Gasteiger charge is -1.97. The van der Waals surface area contributed by atoms with Crippen LogP contribution in [0.25, 0.3) is 6.08 Å². The summed E-state index contributed by atoms with van der Waals surface area (Å²) >= 11 is 0. The molecule has 1 aromatic rings. The van der Waals surface area contributed by atoms with Crippen LogP contribution in [-0.2, 0) is 0 Å². The number of aryl methyl sites for hydroxylation is 1. The molecule has 1 rings (SSSR count). The normalized spacial score (nSPS) is 10.0. The summed E-state index contributed by atoms with van der Waals surface area (Å²) in [6.45, 7) is 1.67. The van der Waals surface area contributed by atoms with E-state index in [0.717, 1.165) is 5.56 Å². The molecule has 4 heteroatoms. The number of nitrogens with zero attached hydrogens (tertiary/aromatic N) is 2. The van der Waals surface area contributed by atoms with Gasteiger partial charge in [-0.2, -0.15) is 5.26 Å². The Kier molecular flexibility index (Phi) is 2.97. The van der Waals surface area contributed by atoms with Crippen molar-refractivity contribution in [3.63, 3.8) is 0 Å². The maximum atomic E-state index is 10.5. The lowest BCUT2D eigenvalue weighted by Crippen LogP contribution is -1.91. The standard InChI is InChI=1S/C10H8N2O2/c1-8-7-9(3-2-6-11)4-5-10(8)12(13)14/h2-5,7H,1H3. The number of allylic oxidation sites excluding steroid dienone is 1. The second-order valence-electron chi connectivity index (χ2n) is 2.77. The number of nitro benzene ring substituents is 1. The third-order valence-electron chi connectivity index (χ3n) is 1.77. The third kappa shape index (κ3) is 2.17. The van der Waals surface area contributed by atoms with E-state index >= 15 is 0 Å². The van der Waals surface area contributed by atoms with Crippen molar-refractivity contribution < 1.29 is 4.92 Å². The molecular weight excluding hydrogens is 180 g/mol. The molecule has 0 aliphatic rings. The van der Waals surface area contributed by atoms with Crippen LogP contribution in [-0.4, -0.2) is 4.92 Å². The van der Waals surface area contributed by atoms with E-state index in [1.54, 1.807) is 25.1 Å². The Balaban J connectivity index is 3.08. The quantitative estimate of drug-likeness (QED) is 0.406. The minimum absolute atomic E-state index is 0.0964. The summed E-state index contributed by atoms with van der Waals surface area (Å²) in [4.78, 5) is 10.1. The third-order valence-corrected chi connectivity index (χ3v) is 1.77. The molecule has 14 heavy (non-hydrogen) atoms. The fourth-order valence-electron chi connectivity index (χ4n) is 1.12. The molecule has 0 aliphatic carbocycles. The summed E-state index contributed by atoms with van der Waals surface area (Å²) in [5, 5.41) is 18.8. The SMILES string of the molecule is Cc1cc(C=CC#N)ccc1[N+](=O)[O-]. The van der Waals surface area contributed by atoms with Crippen molar-refractivity contribution in [1.82, 2.24) is 0 Å². The molecule has 0 bridgehead atoms. The van der Waals surface area contributed by atoms with E-state index in [-0.39, 0.29) is 5.69 Å². The van der Waals surface area contributed by atoms with Crippen LogP contribution < -0.4 is 0 Å². The van der Waals surface area contributed by atoms with Gasteiger partial charge in [0.25, 0.3) is 5.69 Å². The Bertz CT molecular complexity index is 430. The van der Waals surface area contributed by atoms with Gasteiger partial charge in [0.15, 0.2) is 0 Å². The number of rotatable bonds is 2. The highest BCUT2D eigenvalue weighted by Gasteiger charge is 2.08. The summed E-state index contributed by atoms with van der Waals surface area (Å²) in [7, 11) is 0. The predicted molar refractivity (Wildman–Crippen MR) is 52.5 cm³/mol. The number of nitriles is 1. The minimum Gasteiger partial charge on any atom is -0.258 e. The molecule has 0 amide bonds. The van der Waals surface area contributed by atoms with E-state index in [2.05, 4.69) is 0 Å². The molecule has 1 aromatic carbocycles. The molecule has 0 aromatic heterocycles. The van der Waals surface area contributed by atoms with Crippen molar-refractivity contribution in [2.75, 3.05) is 0 Å². The topological polar surface area (TPSA) is 66.9 Å². The zero-order valence-corrected chi connectivity index (χ0v) is 7.60. The zero-order valence-electron chi connectivity index (χ0n) is 7.60. The monoisotopic (exact) mass is 188 g/mol. The van der Waals surface area contributed by atoms with Gasteiger partial charge in [0, 0.05) is 17.7 Å². The molecule has 0 saturated carbocycles. The Labute approximate surface area is 81.2 Å². The summed E-state index contributed by atoms with van der Waals surface area (Å²) in [6.07, 6.45) is 2.94. The Morgan fingerprint density at radius 2 is 2.29 bits per heavy atom. The largest absolute Gasteiger partial charge is 0.272 e. The first-order chi connectivity index (χ1) is 6.65. The lowest BCUT2D eigenvalue weighted by molar-refractivity contribution is -0.385. The summed E-state index contributed by atoms with van der Waals surface area (Å²) in [5.74, 6) is 0. The van der Waals surface area contributed by atoms with Crippen LogP contribution >= 0.6 is 0 Å². The highest BCUT2D eigenvalue weighted by Crippen LogP contribution is 2.19. The second-order valence-corrected chi connectivity index (χ2v) is 2.77. The summed E-state index contributed by atoms with van der Waals surface area (Å²) in [6, 6.07) is 6.58.